The summed E-state index contributed by atoms with van der Waals surface area (Å²) in [5.41, 5.74) is 5.43. The largest absolute Gasteiger partial charge is 0.465 e. The summed E-state index contributed by atoms with van der Waals surface area (Å²) in [6, 6.07) is 10.9. The van der Waals surface area contributed by atoms with E-state index in [1.165, 1.54) is 10.5 Å². The van der Waals surface area contributed by atoms with Gasteiger partial charge in [-0.1, -0.05) is 36.4 Å². The highest BCUT2D eigenvalue weighted by molar-refractivity contribution is 5.74. The number of carboxylic acid groups (broad SMARTS) is 1. The molecule has 0 fully saturated rings. The number of carbonyl (C=O) groups is 1. The fraction of sp³-hybridized carbons (Fsp3) is 0.381. The molecule has 6 nitrogen and oxygen atoms in total. The number of nitrogens with zero attached hydrogens (tertiary/aromatic N) is 4. The van der Waals surface area contributed by atoms with Crippen LogP contribution < -0.4 is 0 Å². The van der Waals surface area contributed by atoms with Crippen LogP contribution >= 0.6 is 0 Å². The molecule has 1 aromatic carbocycles. The second-order valence-corrected chi connectivity index (χ2v) is 7.31. The molecule has 3 heterocycles. The quantitative estimate of drug-likeness (QED) is 0.906. The van der Waals surface area contributed by atoms with Crippen molar-refractivity contribution < 1.29 is 9.90 Å². The Balaban J connectivity index is 1.62. The van der Waals surface area contributed by atoms with E-state index < -0.39 is 6.09 Å². The van der Waals surface area contributed by atoms with Crippen molar-refractivity contribution in [2.45, 2.75) is 38.9 Å². The van der Waals surface area contributed by atoms with E-state index in [9.17, 15) is 9.90 Å². The maximum absolute atomic E-state index is 11.4. The van der Waals surface area contributed by atoms with Gasteiger partial charge in [-0.25, -0.2) is 14.8 Å². The molecule has 2 aromatic rings. The van der Waals surface area contributed by atoms with Crippen molar-refractivity contribution in [3.8, 4) is 0 Å². The Labute approximate surface area is 159 Å². The topological polar surface area (TPSA) is 69.6 Å². The van der Waals surface area contributed by atoms with E-state index in [2.05, 4.69) is 52.1 Å². The van der Waals surface area contributed by atoms with Crippen LogP contribution in [0.2, 0.25) is 0 Å². The van der Waals surface area contributed by atoms with Gasteiger partial charge in [0.25, 0.3) is 0 Å². The Hall–Kier alpha value is -2.73. The number of hydrogen-bond donors (Lipinski definition) is 1. The maximum Gasteiger partial charge on any atom is 0.407 e. The lowest BCUT2D eigenvalue weighted by molar-refractivity contribution is 0.150. The number of aromatic nitrogens is 2. The molecule has 2 aliphatic rings. The highest BCUT2D eigenvalue weighted by Crippen LogP contribution is 2.30. The lowest BCUT2D eigenvalue weighted by Crippen LogP contribution is -2.39. The van der Waals surface area contributed by atoms with Gasteiger partial charge in [0.15, 0.2) is 0 Å². The van der Waals surface area contributed by atoms with Gasteiger partial charge >= 0.3 is 6.09 Å². The van der Waals surface area contributed by atoms with E-state index in [0.29, 0.717) is 19.1 Å². The third-order valence-electron chi connectivity index (χ3n) is 5.46. The van der Waals surface area contributed by atoms with E-state index in [-0.39, 0.29) is 0 Å². The molecule has 4 rings (SSSR count). The van der Waals surface area contributed by atoms with Crippen LogP contribution in [0, 0.1) is 0 Å². The molecule has 0 saturated carbocycles. The molecule has 1 atom stereocenters. The fourth-order valence-electron chi connectivity index (χ4n) is 3.94. The van der Waals surface area contributed by atoms with Crippen LogP contribution in [0.4, 0.5) is 4.79 Å². The second kappa shape index (κ2) is 7.48. The molecule has 0 unspecified atom stereocenters. The van der Waals surface area contributed by atoms with Crippen LogP contribution in [-0.2, 0) is 19.5 Å². The monoisotopic (exact) mass is 364 g/mol. The minimum Gasteiger partial charge on any atom is -0.465 e. The summed E-state index contributed by atoms with van der Waals surface area (Å²) >= 11 is 0. The Bertz CT molecular complexity index is 866. The van der Waals surface area contributed by atoms with Gasteiger partial charge in [0.05, 0.1) is 17.9 Å². The highest BCUT2D eigenvalue weighted by Gasteiger charge is 2.28. The van der Waals surface area contributed by atoms with Crippen molar-refractivity contribution in [3.63, 3.8) is 0 Å². The number of hydrogen-bond acceptors (Lipinski definition) is 4. The third-order valence-corrected chi connectivity index (χ3v) is 5.46. The van der Waals surface area contributed by atoms with Crippen molar-refractivity contribution in [2.75, 3.05) is 13.1 Å². The fourth-order valence-corrected chi connectivity index (χ4v) is 3.94. The number of benzene rings is 1. The van der Waals surface area contributed by atoms with Crippen LogP contribution in [0.3, 0.4) is 0 Å². The summed E-state index contributed by atoms with van der Waals surface area (Å²) in [7, 11) is 0. The van der Waals surface area contributed by atoms with Crippen LogP contribution in [0.25, 0.3) is 5.57 Å². The van der Waals surface area contributed by atoms with E-state index in [0.717, 1.165) is 48.5 Å². The predicted octanol–water partition coefficient (Wildman–Crippen LogP) is 3.19. The normalized spacial score (nSPS) is 20.1. The molecule has 140 valence electrons. The van der Waals surface area contributed by atoms with E-state index in [1.54, 1.807) is 6.33 Å². The molecule has 1 aromatic heterocycles. The van der Waals surface area contributed by atoms with Crippen molar-refractivity contribution >= 4 is 11.7 Å². The number of amides is 1. The van der Waals surface area contributed by atoms with Crippen molar-refractivity contribution in [1.29, 1.82) is 0 Å². The van der Waals surface area contributed by atoms with Crippen LogP contribution in [0.15, 0.2) is 42.7 Å². The molecule has 0 spiro atoms. The maximum atomic E-state index is 11.4. The number of rotatable bonds is 3. The minimum atomic E-state index is -0.872. The lowest BCUT2D eigenvalue weighted by atomic mass is 9.93. The van der Waals surface area contributed by atoms with Crippen molar-refractivity contribution in [2.24, 2.45) is 0 Å². The average molecular weight is 364 g/mol. The Kier molecular flexibility index (Phi) is 4.90. The third kappa shape index (κ3) is 3.71. The minimum absolute atomic E-state index is 0.396. The lowest BCUT2D eigenvalue weighted by Gasteiger charge is -2.35. The summed E-state index contributed by atoms with van der Waals surface area (Å²) in [6.45, 7) is 4.85. The molecule has 27 heavy (non-hydrogen) atoms. The Morgan fingerprint density at radius 1 is 1.22 bits per heavy atom. The molecule has 0 saturated heterocycles. The number of fused-ring (bicyclic) bond motifs is 1. The first kappa shape index (κ1) is 17.7. The first-order chi connectivity index (χ1) is 13.1. The summed E-state index contributed by atoms with van der Waals surface area (Å²) in [4.78, 5) is 24.4. The van der Waals surface area contributed by atoms with Crippen LogP contribution in [0.1, 0.15) is 35.9 Å². The average Bonchev–Trinajstić information content (AvgIpc) is 2.69. The molecule has 2 aliphatic heterocycles. The van der Waals surface area contributed by atoms with E-state index >= 15 is 0 Å². The van der Waals surface area contributed by atoms with E-state index in [1.807, 2.05) is 6.07 Å². The molecule has 0 bridgehead atoms. The Morgan fingerprint density at radius 3 is 2.81 bits per heavy atom. The summed E-state index contributed by atoms with van der Waals surface area (Å²) < 4.78 is 0. The molecule has 6 heteroatoms. The van der Waals surface area contributed by atoms with Gasteiger partial charge in [-0.15, -0.1) is 0 Å². The summed E-state index contributed by atoms with van der Waals surface area (Å²) in [6.07, 6.45) is 4.48. The summed E-state index contributed by atoms with van der Waals surface area (Å²) in [5.74, 6) is 0. The van der Waals surface area contributed by atoms with Gasteiger partial charge in [0, 0.05) is 37.7 Å². The predicted molar refractivity (Wildman–Crippen MR) is 103 cm³/mol. The van der Waals surface area contributed by atoms with Gasteiger partial charge in [0.2, 0.25) is 0 Å². The zero-order valence-corrected chi connectivity index (χ0v) is 15.5. The van der Waals surface area contributed by atoms with Crippen molar-refractivity contribution in [1.82, 2.24) is 19.8 Å². The van der Waals surface area contributed by atoms with Gasteiger partial charge in [-0.2, -0.15) is 0 Å². The van der Waals surface area contributed by atoms with Crippen molar-refractivity contribution in [3.05, 3.63) is 65.2 Å². The van der Waals surface area contributed by atoms with Gasteiger partial charge in [0.1, 0.15) is 6.33 Å². The second-order valence-electron chi connectivity index (χ2n) is 7.31. The van der Waals surface area contributed by atoms with Crippen LogP contribution in [-0.4, -0.2) is 50.1 Å². The van der Waals surface area contributed by atoms with Gasteiger partial charge in [-0.3, -0.25) is 4.90 Å². The molecular formula is C21H24N4O2. The summed E-state index contributed by atoms with van der Waals surface area (Å²) in [5, 5.41) is 9.34. The Morgan fingerprint density at radius 2 is 2.04 bits per heavy atom. The molecule has 0 aliphatic carbocycles. The smallest absolute Gasteiger partial charge is 0.407 e. The highest BCUT2D eigenvalue weighted by atomic mass is 16.4. The van der Waals surface area contributed by atoms with Gasteiger partial charge in [-0.05, 0) is 24.5 Å². The van der Waals surface area contributed by atoms with Crippen LogP contribution in [0.5, 0.6) is 0 Å². The molecule has 0 radical (unpaired) electrons. The van der Waals surface area contributed by atoms with E-state index in [4.69, 9.17) is 0 Å². The first-order valence-corrected chi connectivity index (χ1v) is 9.40. The zero-order chi connectivity index (χ0) is 18.8. The standard InChI is InChI=1S/C21H24N4O2/c1-15-10-19-18(13-25(15)11-16-6-3-2-4-7-16)20(23-14-22-19)17-8-5-9-24(12-17)21(26)27/h2-4,6-8,14-15H,5,9-13H2,1H3,(H,26,27)/t15-/m1/s1. The SMILES string of the molecule is C[C@@H]1Cc2ncnc(C3=CCCN(C(=O)O)C3)c2CN1Cc1ccccc1. The first-order valence-electron chi connectivity index (χ1n) is 9.40. The zero-order valence-electron chi connectivity index (χ0n) is 15.5. The molecular weight excluding hydrogens is 340 g/mol. The van der Waals surface area contributed by atoms with Gasteiger partial charge < -0.3 is 10.0 Å². The molecule has 1 N–H and O–H groups in total. The molecule has 1 amide bonds.